The molecule has 8 nitrogen and oxygen atoms in total. The van der Waals surface area contributed by atoms with Gasteiger partial charge in [0.05, 0.1) is 26.4 Å². The lowest BCUT2D eigenvalue weighted by Gasteiger charge is -2.05. The van der Waals surface area contributed by atoms with Crippen molar-refractivity contribution in [3.8, 4) is 0 Å². The van der Waals surface area contributed by atoms with Crippen molar-refractivity contribution in [1.82, 2.24) is 0 Å². The lowest BCUT2D eigenvalue weighted by Crippen LogP contribution is -2.05. The molecule has 0 aliphatic rings. The molecule has 0 unspecified atom stereocenters. The van der Waals surface area contributed by atoms with E-state index in [1.54, 1.807) is 26.0 Å². The molecule has 0 aliphatic heterocycles. The molecule has 290 valence electrons. The van der Waals surface area contributed by atoms with Crippen LogP contribution in [0.4, 0.5) is 0 Å². The molecule has 0 radical (unpaired) electrons. The maximum Gasteiger partial charge on any atom is 0.348 e. The van der Waals surface area contributed by atoms with Crippen molar-refractivity contribution in [3.63, 3.8) is 0 Å². The molecule has 0 amide bonds. The smallest absolute Gasteiger partial charge is 0.348 e. The van der Waals surface area contributed by atoms with Gasteiger partial charge in [-0.1, -0.05) is 142 Å². The normalized spacial score (nSPS) is 10.9. The van der Waals surface area contributed by atoms with Crippen molar-refractivity contribution < 1.29 is 38.1 Å². The highest BCUT2D eigenvalue weighted by Gasteiger charge is 2.16. The summed E-state index contributed by atoms with van der Waals surface area (Å²) in [7, 11) is 0. The first-order valence-electron chi connectivity index (χ1n) is 19.8. The minimum absolute atomic E-state index is 0.294. The molecule has 0 saturated carbocycles. The fraction of sp³-hybridized carbons (Fsp3) is 0.714. The molecular formula is C42H68O8S. The molecule has 0 N–H and O–H groups in total. The summed E-state index contributed by atoms with van der Waals surface area (Å²) in [5.74, 6) is -1.33. The Morgan fingerprint density at radius 3 is 0.863 bits per heavy atom. The zero-order valence-electron chi connectivity index (χ0n) is 32.0. The molecular weight excluding hydrogens is 665 g/mol. The van der Waals surface area contributed by atoms with E-state index >= 15 is 0 Å². The summed E-state index contributed by atoms with van der Waals surface area (Å²) in [5.41, 5.74) is 0.911. The van der Waals surface area contributed by atoms with Gasteiger partial charge in [0.2, 0.25) is 0 Å². The van der Waals surface area contributed by atoms with Crippen LogP contribution in [0.1, 0.15) is 187 Å². The van der Waals surface area contributed by atoms with Crippen molar-refractivity contribution in [2.75, 3.05) is 26.4 Å². The van der Waals surface area contributed by atoms with E-state index in [9.17, 15) is 19.2 Å². The first kappa shape index (κ1) is 46.1. The summed E-state index contributed by atoms with van der Waals surface area (Å²) in [6, 6.07) is 3.30. The van der Waals surface area contributed by atoms with Gasteiger partial charge in [0, 0.05) is 11.1 Å². The van der Waals surface area contributed by atoms with Crippen molar-refractivity contribution in [2.45, 2.75) is 168 Å². The largest absolute Gasteiger partial charge is 0.462 e. The Hall–Kier alpha value is -2.94. The summed E-state index contributed by atoms with van der Waals surface area (Å²) in [6.07, 6.45) is 27.5. The topological polar surface area (TPSA) is 105 Å². The van der Waals surface area contributed by atoms with E-state index in [1.165, 1.54) is 89.9 Å². The van der Waals surface area contributed by atoms with Crippen LogP contribution in [-0.4, -0.2) is 50.3 Å². The van der Waals surface area contributed by atoms with Gasteiger partial charge in [-0.15, -0.1) is 11.3 Å². The highest BCUT2D eigenvalue weighted by Crippen LogP contribution is 2.20. The lowest BCUT2D eigenvalue weighted by molar-refractivity contribution is -0.139. The standard InChI is InChI=1S/C42H68O8S/c1-35(2)39(43)47-31-25-21-17-13-9-5-7-11-15-19-23-27-33-49-41(45)37-29-30-38(51-37)42(46)50-34-28-24-20-16-12-8-6-10-14-18-22-26-32-48-40(44)36(3)4/h29-30H,1,3,5-28,31-34H2,2,4H3. The fourth-order valence-corrected chi connectivity index (χ4v) is 6.34. The van der Waals surface area contributed by atoms with Crippen LogP contribution < -0.4 is 0 Å². The predicted octanol–water partition coefficient (Wildman–Crippen LogP) is 11.7. The van der Waals surface area contributed by atoms with E-state index < -0.39 is 0 Å². The molecule has 0 aromatic carbocycles. The maximum absolute atomic E-state index is 12.4. The monoisotopic (exact) mass is 732 g/mol. The molecule has 9 heteroatoms. The molecule has 0 saturated heterocycles. The van der Waals surface area contributed by atoms with Crippen LogP contribution in [0.15, 0.2) is 36.4 Å². The van der Waals surface area contributed by atoms with E-state index in [0.29, 0.717) is 47.3 Å². The van der Waals surface area contributed by atoms with Gasteiger partial charge in [-0.05, 0) is 51.7 Å². The minimum atomic E-state index is -0.370. The van der Waals surface area contributed by atoms with Crippen molar-refractivity contribution in [3.05, 3.63) is 46.2 Å². The Morgan fingerprint density at radius 1 is 0.412 bits per heavy atom. The lowest BCUT2D eigenvalue weighted by atomic mass is 10.1. The van der Waals surface area contributed by atoms with Crippen LogP contribution in [0.3, 0.4) is 0 Å². The number of thiophene rings is 1. The van der Waals surface area contributed by atoms with E-state index in [1.807, 2.05) is 0 Å². The number of rotatable bonds is 34. The van der Waals surface area contributed by atoms with E-state index in [4.69, 9.17) is 18.9 Å². The van der Waals surface area contributed by atoms with Gasteiger partial charge in [0.25, 0.3) is 0 Å². The first-order chi connectivity index (χ1) is 24.7. The second kappa shape index (κ2) is 31.8. The van der Waals surface area contributed by atoms with Crippen LogP contribution in [0.2, 0.25) is 0 Å². The van der Waals surface area contributed by atoms with Crippen molar-refractivity contribution >= 4 is 35.2 Å². The van der Waals surface area contributed by atoms with Gasteiger partial charge in [0.15, 0.2) is 0 Å². The minimum Gasteiger partial charge on any atom is -0.462 e. The van der Waals surface area contributed by atoms with Crippen molar-refractivity contribution in [1.29, 1.82) is 0 Å². The van der Waals surface area contributed by atoms with Crippen molar-refractivity contribution in [2.24, 2.45) is 0 Å². The van der Waals surface area contributed by atoms with Crippen LogP contribution in [-0.2, 0) is 28.5 Å². The number of carbonyl (C=O) groups is 4. The second-order valence-electron chi connectivity index (χ2n) is 13.8. The number of hydrogen-bond donors (Lipinski definition) is 0. The van der Waals surface area contributed by atoms with Gasteiger partial charge >= 0.3 is 23.9 Å². The fourth-order valence-electron chi connectivity index (χ4n) is 5.55. The molecule has 1 heterocycles. The van der Waals surface area contributed by atoms with Gasteiger partial charge in [-0.3, -0.25) is 0 Å². The van der Waals surface area contributed by atoms with Gasteiger partial charge in [0.1, 0.15) is 9.75 Å². The quantitative estimate of drug-likeness (QED) is 0.0298. The number of unbranched alkanes of at least 4 members (excludes halogenated alkanes) is 22. The summed E-state index contributed by atoms with van der Waals surface area (Å²) in [6.45, 7) is 12.3. The number of esters is 4. The van der Waals surface area contributed by atoms with E-state index in [-0.39, 0.29) is 23.9 Å². The Bertz CT molecular complexity index is 1040. The second-order valence-corrected chi connectivity index (χ2v) is 14.8. The highest BCUT2D eigenvalue weighted by atomic mass is 32.1. The van der Waals surface area contributed by atoms with Gasteiger partial charge < -0.3 is 18.9 Å². The summed E-state index contributed by atoms with van der Waals surface area (Å²) in [5, 5.41) is 0. The third-order valence-electron chi connectivity index (χ3n) is 8.72. The molecule has 1 aromatic rings. The number of ether oxygens (including phenoxy) is 4. The Balaban J connectivity index is 1.90. The first-order valence-corrected chi connectivity index (χ1v) is 20.6. The van der Waals surface area contributed by atoms with Crippen LogP contribution in [0.25, 0.3) is 0 Å². The Morgan fingerprint density at radius 2 is 0.627 bits per heavy atom. The average Bonchev–Trinajstić information content (AvgIpc) is 3.61. The SMILES string of the molecule is C=C(C)C(=O)OCCCCCCCCCCCCCCOC(=O)c1ccc(C(=O)OCCCCCCCCCCCCCCOC(=O)C(=C)C)s1. The molecule has 1 aromatic heterocycles. The van der Waals surface area contributed by atoms with Crippen LogP contribution in [0.5, 0.6) is 0 Å². The van der Waals surface area contributed by atoms with Crippen LogP contribution in [0, 0.1) is 0 Å². The average molecular weight is 733 g/mol. The predicted molar refractivity (Wildman–Crippen MR) is 207 cm³/mol. The third kappa shape index (κ3) is 26.5. The summed E-state index contributed by atoms with van der Waals surface area (Å²) >= 11 is 1.14. The molecule has 0 atom stereocenters. The van der Waals surface area contributed by atoms with Crippen LogP contribution >= 0.6 is 11.3 Å². The zero-order valence-corrected chi connectivity index (χ0v) is 32.9. The van der Waals surface area contributed by atoms with E-state index in [0.717, 1.165) is 75.5 Å². The maximum atomic E-state index is 12.4. The summed E-state index contributed by atoms with van der Waals surface area (Å²) in [4.78, 5) is 48.3. The number of hydrogen-bond acceptors (Lipinski definition) is 9. The van der Waals surface area contributed by atoms with Gasteiger partial charge in [-0.2, -0.15) is 0 Å². The molecule has 0 aliphatic carbocycles. The Kier molecular flexibility index (Phi) is 28.7. The number of carbonyl (C=O) groups excluding carboxylic acids is 4. The third-order valence-corrected chi connectivity index (χ3v) is 9.76. The molecule has 1 rings (SSSR count). The molecule has 0 fully saturated rings. The zero-order chi connectivity index (χ0) is 37.4. The Labute approximate surface area is 313 Å². The van der Waals surface area contributed by atoms with Gasteiger partial charge in [-0.25, -0.2) is 19.2 Å². The summed E-state index contributed by atoms with van der Waals surface area (Å²) < 4.78 is 21.1. The molecule has 51 heavy (non-hydrogen) atoms. The highest BCUT2D eigenvalue weighted by molar-refractivity contribution is 7.15. The molecule has 0 spiro atoms. The van der Waals surface area contributed by atoms with E-state index in [2.05, 4.69) is 13.2 Å². The molecule has 0 bridgehead atoms.